The smallest absolute Gasteiger partial charge is 0.413 e. The van der Waals surface area contributed by atoms with Gasteiger partial charge >= 0.3 is 19.8 Å². The van der Waals surface area contributed by atoms with Gasteiger partial charge < -0.3 is 24.7 Å². The Balaban J connectivity index is 0.000000319. The highest BCUT2D eigenvalue weighted by Crippen LogP contribution is 2.38. The summed E-state index contributed by atoms with van der Waals surface area (Å²) in [6.45, 7) is 12.0. The van der Waals surface area contributed by atoms with Crippen LogP contribution in [0.2, 0.25) is 0 Å². The molecule has 2 aliphatic heterocycles. The maximum absolute atomic E-state index is 14.4. The SMILES string of the molecule is CC1(C)COBOC1(C)C.C[C@@H](NC(=O)C1(NC(=O)C(F)(F)F)CC1)c1ccc(C2NCCO2)cc1F. The van der Waals surface area contributed by atoms with Gasteiger partial charge in [0.05, 0.1) is 18.2 Å². The van der Waals surface area contributed by atoms with Gasteiger partial charge in [0.2, 0.25) is 5.91 Å². The first-order valence-electron chi connectivity index (χ1n) is 12.1. The third-order valence-electron chi connectivity index (χ3n) is 7.25. The van der Waals surface area contributed by atoms with E-state index in [2.05, 4.69) is 38.3 Å². The summed E-state index contributed by atoms with van der Waals surface area (Å²) in [6.07, 6.45) is -5.27. The molecule has 1 aromatic carbocycles. The highest BCUT2D eigenvalue weighted by Gasteiger charge is 2.55. The second kappa shape index (κ2) is 10.9. The summed E-state index contributed by atoms with van der Waals surface area (Å²) < 4.78 is 67.7. The van der Waals surface area contributed by atoms with Gasteiger partial charge in [-0.25, -0.2) is 4.39 Å². The van der Waals surface area contributed by atoms with Crippen LogP contribution in [0, 0.1) is 11.2 Å². The molecule has 2 amide bonds. The van der Waals surface area contributed by atoms with Crippen molar-refractivity contribution in [2.45, 2.75) is 77.0 Å². The number of carbonyl (C=O) groups excluding carboxylic acids is 2. The van der Waals surface area contributed by atoms with E-state index in [-0.39, 0.29) is 29.4 Å². The highest BCUT2D eigenvalue weighted by molar-refractivity contribution is 6.18. The van der Waals surface area contributed by atoms with Crippen LogP contribution in [-0.2, 0) is 23.6 Å². The minimum absolute atomic E-state index is 0.0503. The average molecular weight is 531 g/mol. The Kier molecular flexibility index (Phi) is 8.62. The molecule has 3 N–H and O–H groups in total. The highest BCUT2D eigenvalue weighted by atomic mass is 19.4. The molecule has 8 nitrogen and oxygen atoms in total. The van der Waals surface area contributed by atoms with Gasteiger partial charge in [0.25, 0.3) is 0 Å². The topological polar surface area (TPSA) is 97.9 Å². The number of ether oxygens (including phenoxy) is 1. The Morgan fingerprint density at radius 3 is 2.32 bits per heavy atom. The van der Waals surface area contributed by atoms with Crippen LogP contribution in [0.5, 0.6) is 0 Å². The minimum atomic E-state index is -5.07. The van der Waals surface area contributed by atoms with E-state index in [1.807, 2.05) is 0 Å². The molecule has 206 valence electrons. The molecule has 37 heavy (non-hydrogen) atoms. The summed E-state index contributed by atoms with van der Waals surface area (Å²) in [7, 11) is 0.441. The number of amides is 2. The van der Waals surface area contributed by atoms with E-state index in [0.717, 1.165) is 6.61 Å². The number of hydrogen-bond acceptors (Lipinski definition) is 6. The van der Waals surface area contributed by atoms with Crippen LogP contribution in [0.25, 0.3) is 0 Å². The molecule has 0 aromatic heterocycles. The maximum Gasteiger partial charge on any atom is 0.471 e. The number of nitrogens with one attached hydrogen (secondary N) is 3. The zero-order valence-corrected chi connectivity index (χ0v) is 21.7. The van der Waals surface area contributed by atoms with Crippen molar-refractivity contribution < 1.29 is 41.2 Å². The molecule has 0 spiro atoms. The standard InChI is InChI=1S/C17H19F4N3O3.C7H15BO2/c1-9(11-3-2-10(8-12(11)18)13-22-6-7-27-13)23-14(25)16(4-5-16)24-15(26)17(19,20)21;1-6(2)5-9-8-10-7(6,3)4/h2-3,8-9,13,22H,4-7H2,1H3,(H,23,25)(H,24,26);8H,5H2,1-4H3/t9-,13?;/m1./s1. The van der Waals surface area contributed by atoms with Crippen LogP contribution in [-0.4, -0.2) is 56.6 Å². The average Bonchev–Trinajstić information content (AvgIpc) is 3.36. The fourth-order valence-electron chi connectivity index (χ4n) is 3.79. The van der Waals surface area contributed by atoms with E-state index in [9.17, 15) is 27.2 Å². The predicted molar refractivity (Wildman–Crippen MR) is 128 cm³/mol. The molecule has 2 heterocycles. The van der Waals surface area contributed by atoms with Gasteiger partial charge in [0.15, 0.2) is 0 Å². The Bertz CT molecular complexity index is 979. The largest absolute Gasteiger partial charge is 0.471 e. The molecule has 0 bridgehead atoms. The van der Waals surface area contributed by atoms with Gasteiger partial charge in [-0.3, -0.25) is 14.9 Å². The fourth-order valence-corrected chi connectivity index (χ4v) is 3.79. The second-order valence-electron chi connectivity index (χ2n) is 10.7. The molecule has 4 rings (SSSR count). The van der Waals surface area contributed by atoms with E-state index in [4.69, 9.17) is 14.0 Å². The normalized spacial score (nSPS) is 24.1. The van der Waals surface area contributed by atoms with Crippen molar-refractivity contribution in [3.63, 3.8) is 0 Å². The van der Waals surface area contributed by atoms with E-state index in [0.29, 0.717) is 26.4 Å². The predicted octanol–water partition coefficient (Wildman–Crippen LogP) is 2.94. The van der Waals surface area contributed by atoms with Crippen molar-refractivity contribution in [2.24, 2.45) is 5.41 Å². The summed E-state index contributed by atoms with van der Waals surface area (Å²) in [5.41, 5.74) is -0.721. The van der Waals surface area contributed by atoms with Gasteiger partial charge in [0, 0.05) is 24.1 Å². The summed E-state index contributed by atoms with van der Waals surface area (Å²) >= 11 is 0. The molecule has 1 unspecified atom stereocenters. The van der Waals surface area contributed by atoms with E-state index in [1.165, 1.54) is 19.1 Å². The van der Waals surface area contributed by atoms with Crippen molar-refractivity contribution >= 4 is 19.5 Å². The molecule has 2 atom stereocenters. The third-order valence-corrected chi connectivity index (χ3v) is 7.25. The van der Waals surface area contributed by atoms with Gasteiger partial charge in [-0.1, -0.05) is 26.0 Å². The lowest BCUT2D eigenvalue weighted by atomic mass is 9.76. The van der Waals surface area contributed by atoms with Crippen molar-refractivity contribution in [3.8, 4) is 0 Å². The van der Waals surface area contributed by atoms with E-state index >= 15 is 0 Å². The Morgan fingerprint density at radius 1 is 1.19 bits per heavy atom. The van der Waals surface area contributed by atoms with Crippen molar-refractivity contribution in [1.29, 1.82) is 0 Å². The van der Waals surface area contributed by atoms with Crippen LogP contribution in [0.4, 0.5) is 17.6 Å². The minimum Gasteiger partial charge on any atom is -0.413 e. The molecule has 1 saturated carbocycles. The molecule has 2 saturated heterocycles. The van der Waals surface area contributed by atoms with Gasteiger partial charge in [0.1, 0.15) is 17.6 Å². The molecular weight excluding hydrogens is 497 g/mol. The number of hydrogen-bond donors (Lipinski definition) is 3. The lowest BCUT2D eigenvalue weighted by Crippen LogP contribution is -2.53. The van der Waals surface area contributed by atoms with Crippen molar-refractivity contribution in [2.75, 3.05) is 19.8 Å². The number of carbonyl (C=O) groups is 2. The van der Waals surface area contributed by atoms with E-state index in [1.54, 1.807) is 11.4 Å². The molecule has 1 aromatic rings. The number of rotatable bonds is 5. The monoisotopic (exact) mass is 531 g/mol. The summed E-state index contributed by atoms with van der Waals surface area (Å²) in [6, 6.07) is 3.65. The number of alkyl halides is 3. The lowest BCUT2D eigenvalue weighted by molar-refractivity contribution is -0.175. The van der Waals surface area contributed by atoms with Gasteiger partial charge in [-0.15, -0.1) is 0 Å². The number of halogens is 4. The second-order valence-corrected chi connectivity index (χ2v) is 10.7. The van der Waals surface area contributed by atoms with Crippen LogP contribution < -0.4 is 16.0 Å². The number of benzene rings is 1. The van der Waals surface area contributed by atoms with Crippen LogP contribution in [0.3, 0.4) is 0 Å². The van der Waals surface area contributed by atoms with Crippen molar-refractivity contribution in [1.82, 2.24) is 16.0 Å². The Labute approximate surface area is 214 Å². The molecule has 3 fully saturated rings. The molecule has 1 aliphatic carbocycles. The van der Waals surface area contributed by atoms with E-state index < -0.39 is 41.6 Å². The maximum atomic E-state index is 14.4. The summed E-state index contributed by atoms with van der Waals surface area (Å²) in [4.78, 5) is 23.4. The van der Waals surface area contributed by atoms with Gasteiger partial charge in [-0.05, 0) is 45.2 Å². The zero-order valence-electron chi connectivity index (χ0n) is 21.7. The Morgan fingerprint density at radius 2 is 1.86 bits per heavy atom. The third kappa shape index (κ3) is 7.01. The van der Waals surface area contributed by atoms with Gasteiger partial charge in [-0.2, -0.15) is 13.2 Å². The van der Waals surface area contributed by atoms with Crippen LogP contribution in [0.15, 0.2) is 18.2 Å². The fraction of sp³-hybridized carbons (Fsp3) is 0.667. The first-order valence-corrected chi connectivity index (χ1v) is 12.1. The zero-order chi connectivity index (χ0) is 27.6. The first kappa shape index (κ1) is 29.3. The van der Waals surface area contributed by atoms with Crippen LogP contribution in [0.1, 0.15) is 70.9 Å². The Hall–Kier alpha value is -2.22. The molecule has 3 aliphatic rings. The quantitative estimate of drug-likeness (QED) is 0.400. The molecule has 0 radical (unpaired) electrons. The summed E-state index contributed by atoms with van der Waals surface area (Å²) in [5.74, 6) is -3.50. The first-order chi connectivity index (χ1) is 17.1. The lowest BCUT2D eigenvalue weighted by Gasteiger charge is -2.45. The molecular formula is C24H34BF4N3O5. The van der Waals surface area contributed by atoms with Crippen molar-refractivity contribution in [3.05, 3.63) is 35.1 Å². The summed E-state index contributed by atoms with van der Waals surface area (Å²) in [5, 5.41) is 7.26. The molecule has 13 heteroatoms. The van der Waals surface area contributed by atoms with Crippen LogP contribution >= 0.6 is 0 Å².